The summed E-state index contributed by atoms with van der Waals surface area (Å²) in [7, 11) is 0. The minimum absolute atomic E-state index is 0.167. The van der Waals surface area contributed by atoms with E-state index in [0.29, 0.717) is 0 Å². The van der Waals surface area contributed by atoms with Crippen LogP contribution in [0.1, 0.15) is 93.6 Å². The molecule has 0 radical (unpaired) electrons. The number of unbranched alkanes of at least 4 members (excludes halogenated alkanes) is 2. The molecule has 0 amide bonds. The molecule has 5 heteroatoms. The van der Waals surface area contributed by atoms with Gasteiger partial charge in [0.15, 0.2) is 0 Å². The first-order valence-corrected chi connectivity index (χ1v) is 10.3. The summed E-state index contributed by atoms with van der Waals surface area (Å²) in [6, 6.07) is 5.80. The van der Waals surface area contributed by atoms with Crippen LogP contribution >= 0.6 is 0 Å². The van der Waals surface area contributed by atoms with Gasteiger partial charge in [-0.15, -0.1) is 13.2 Å². The first-order chi connectivity index (χ1) is 13.0. The summed E-state index contributed by atoms with van der Waals surface area (Å²) < 4.78 is 38.6. The van der Waals surface area contributed by atoms with Crippen LogP contribution in [0.25, 0.3) is 0 Å². The van der Waals surface area contributed by atoms with Crippen LogP contribution in [0.4, 0.5) is 13.2 Å². The molecule has 1 aromatic rings. The molecular weight excluding hydrogens is 365 g/mol. The Balaban J connectivity index is -0.000000156. The van der Waals surface area contributed by atoms with Crippen LogP contribution in [-0.2, 0) is 4.79 Å². The lowest BCUT2D eigenvalue weighted by Gasteiger charge is -2.08. The zero-order valence-corrected chi connectivity index (χ0v) is 19.7. The van der Waals surface area contributed by atoms with Crippen LogP contribution in [-0.4, -0.2) is 12.1 Å². The molecule has 0 aliphatic rings. The first-order valence-electron chi connectivity index (χ1n) is 10.3. The lowest BCUT2D eigenvalue weighted by molar-refractivity contribution is -0.274. The topological polar surface area (TPSA) is 26.3 Å². The fraction of sp³-hybridized carbons (Fsp3) is 0.696. The molecule has 0 saturated carbocycles. The monoisotopic (exact) mass is 408 g/mol. The van der Waals surface area contributed by atoms with Crippen molar-refractivity contribution in [1.82, 2.24) is 0 Å². The third kappa shape index (κ3) is 39.5. The van der Waals surface area contributed by atoms with E-state index < -0.39 is 6.36 Å². The largest absolute Gasteiger partial charge is 0.573 e. The molecule has 28 heavy (non-hydrogen) atoms. The zero-order valence-electron chi connectivity index (χ0n) is 19.7. The van der Waals surface area contributed by atoms with Gasteiger partial charge in [0.2, 0.25) is 0 Å². The molecule has 2 nitrogen and oxygen atoms in total. The summed E-state index contributed by atoms with van der Waals surface area (Å²) >= 11 is 0. The van der Waals surface area contributed by atoms with E-state index in [1.807, 2.05) is 27.7 Å². The van der Waals surface area contributed by atoms with Crippen LogP contribution in [0.15, 0.2) is 24.3 Å². The summed E-state index contributed by atoms with van der Waals surface area (Å²) in [4.78, 5) is 9.44. The second kappa shape index (κ2) is 23.5. The minimum Gasteiger partial charge on any atom is -0.406 e. The number of carbonyl (C=O) groups is 1. The van der Waals surface area contributed by atoms with Gasteiger partial charge in [0, 0.05) is 0 Å². The Hall–Kier alpha value is -1.52. The van der Waals surface area contributed by atoms with Gasteiger partial charge in [-0.25, -0.2) is 0 Å². The minimum atomic E-state index is -4.60. The first kappa shape index (κ1) is 34.0. The van der Waals surface area contributed by atoms with Gasteiger partial charge in [-0.1, -0.05) is 86.3 Å². The number of carbonyl (C=O) groups excluding carboxylic acids is 1. The molecule has 1 rings (SSSR count). The van der Waals surface area contributed by atoms with Crippen molar-refractivity contribution >= 4 is 5.78 Å². The van der Waals surface area contributed by atoms with Crippen molar-refractivity contribution in [2.45, 2.75) is 101 Å². The number of halogens is 3. The number of hydrogen-bond donors (Lipinski definition) is 0. The van der Waals surface area contributed by atoms with Gasteiger partial charge in [0.1, 0.15) is 11.5 Å². The fourth-order valence-electron chi connectivity index (χ4n) is 1.62. The van der Waals surface area contributed by atoms with Crippen molar-refractivity contribution in [1.29, 1.82) is 0 Å². The van der Waals surface area contributed by atoms with Gasteiger partial charge >= 0.3 is 6.36 Å². The maximum absolute atomic E-state index is 11.7. The summed E-state index contributed by atoms with van der Waals surface area (Å²) in [5.41, 5.74) is 0.733. The van der Waals surface area contributed by atoms with Gasteiger partial charge < -0.3 is 9.53 Å². The molecular formula is C23H43F3O2. The van der Waals surface area contributed by atoms with Crippen LogP contribution in [0.2, 0.25) is 0 Å². The average molecular weight is 409 g/mol. The summed E-state index contributed by atoms with van der Waals surface area (Å²) in [5, 5.41) is 0. The number of Topliss-reactive ketones (excluding diaryl/α,β-unsaturated/α-hetero) is 1. The SMILES string of the molecule is CC.CC.CC(C)=O.CCCCCC(C)C.Cc1cccc(OC(F)(F)F)c1. The van der Waals surface area contributed by atoms with E-state index in [1.165, 1.54) is 57.7 Å². The number of benzene rings is 1. The smallest absolute Gasteiger partial charge is 0.406 e. The van der Waals surface area contributed by atoms with Crippen molar-refractivity contribution in [2.24, 2.45) is 5.92 Å². The fourth-order valence-corrected chi connectivity index (χ4v) is 1.62. The number of alkyl halides is 3. The lowest BCUT2D eigenvalue weighted by Crippen LogP contribution is -2.17. The van der Waals surface area contributed by atoms with E-state index in [0.717, 1.165) is 11.5 Å². The third-order valence-corrected chi connectivity index (χ3v) is 2.61. The molecule has 0 aromatic heterocycles. The molecule has 0 aliphatic carbocycles. The van der Waals surface area contributed by atoms with E-state index in [2.05, 4.69) is 25.5 Å². The normalized spacial score (nSPS) is 9.21. The van der Waals surface area contributed by atoms with Crippen molar-refractivity contribution in [2.75, 3.05) is 0 Å². The highest BCUT2D eigenvalue weighted by molar-refractivity contribution is 5.72. The number of ketones is 1. The Bertz CT molecular complexity index is 438. The average Bonchev–Trinajstić information content (AvgIpc) is 2.57. The van der Waals surface area contributed by atoms with Gasteiger partial charge in [0.25, 0.3) is 0 Å². The van der Waals surface area contributed by atoms with Crippen LogP contribution in [0.5, 0.6) is 5.75 Å². The van der Waals surface area contributed by atoms with Gasteiger partial charge in [0.05, 0.1) is 0 Å². The second-order valence-corrected chi connectivity index (χ2v) is 6.16. The quantitative estimate of drug-likeness (QED) is 0.455. The summed E-state index contributed by atoms with van der Waals surface area (Å²) in [6.45, 7) is 19.6. The maximum Gasteiger partial charge on any atom is 0.573 e. The van der Waals surface area contributed by atoms with Crippen LogP contribution in [0, 0.1) is 12.8 Å². The Morgan fingerprint density at radius 1 is 1.04 bits per heavy atom. The molecule has 0 fully saturated rings. The Labute approximate surface area is 171 Å². The van der Waals surface area contributed by atoms with Crippen LogP contribution in [0.3, 0.4) is 0 Å². The molecule has 0 spiro atoms. The van der Waals surface area contributed by atoms with E-state index in [1.54, 1.807) is 13.0 Å². The second-order valence-electron chi connectivity index (χ2n) is 6.16. The Morgan fingerprint density at radius 2 is 1.50 bits per heavy atom. The number of hydrogen-bond acceptors (Lipinski definition) is 2. The molecule has 0 saturated heterocycles. The molecule has 0 unspecified atom stereocenters. The van der Waals surface area contributed by atoms with Gasteiger partial charge in [-0.05, 0) is 44.4 Å². The maximum atomic E-state index is 11.7. The predicted octanol–water partition coefficient (Wildman–Crippen LogP) is 8.76. The molecule has 1 aromatic carbocycles. The van der Waals surface area contributed by atoms with Gasteiger partial charge in [-0.2, -0.15) is 0 Å². The van der Waals surface area contributed by atoms with Crippen molar-refractivity contribution in [3.05, 3.63) is 29.8 Å². The molecule has 168 valence electrons. The highest BCUT2D eigenvalue weighted by Crippen LogP contribution is 2.22. The molecule has 0 bridgehead atoms. The van der Waals surface area contributed by atoms with Crippen molar-refractivity contribution in [3.63, 3.8) is 0 Å². The summed E-state index contributed by atoms with van der Waals surface area (Å²) in [5.74, 6) is 0.893. The molecule has 0 aliphatic heterocycles. The molecule has 0 N–H and O–H groups in total. The van der Waals surface area contributed by atoms with E-state index in [9.17, 15) is 18.0 Å². The number of rotatable bonds is 5. The molecule has 0 atom stereocenters. The highest BCUT2D eigenvalue weighted by atomic mass is 19.4. The van der Waals surface area contributed by atoms with Gasteiger partial charge in [-0.3, -0.25) is 0 Å². The standard InChI is InChI=1S/C8H7F3O.C8H18.C3H6O.2C2H6/c1-6-3-2-4-7(5-6)12-8(9,10)11;1-4-5-6-7-8(2)3;1-3(2)4;2*1-2/h2-5H,1H3;8H,4-7H2,1-3H3;1-2H3;2*1-2H3. The third-order valence-electron chi connectivity index (χ3n) is 2.61. The lowest BCUT2D eigenvalue weighted by atomic mass is 10.1. The van der Waals surface area contributed by atoms with E-state index in [-0.39, 0.29) is 11.5 Å². The van der Waals surface area contributed by atoms with E-state index >= 15 is 0 Å². The highest BCUT2D eigenvalue weighted by Gasteiger charge is 2.30. The van der Waals surface area contributed by atoms with Crippen molar-refractivity contribution in [3.8, 4) is 5.75 Å². The van der Waals surface area contributed by atoms with Crippen LogP contribution < -0.4 is 4.74 Å². The Kier molecular flexibility index (Phi) is 28.6. The summed E-state index contributed by atoms with van der Waals surface area (Å²) in [6.07, 6.45) is 1.00. The van der Waals surface area contributed by atoms with E-state index in [4.69, 9.17) is 0 Å². The predicted molar refractivity (Wildman–Crippen MR) is 116 cm³/mol. The Morgan fingerprint density at radius 3 is 1.82 bits per heavy atom. The zero-order chi connectivity index (χ0) is 23.2. The van der Waals surface area contributed by atoms with Crippen molar-refractivity contribution < 1.29 is 22.7 Å². The number of aryl methyl sites for hydroxylation is 1. The number of ether oxygens (including phenoxy) is 1. The molecule has 0 heterocycles.